The monoisotopic (exact) mass is 347 g/mol. The van der Waals surface area contributed by atoms with Crippen LogP contribution in [-0.4, -0.2) is 32.9 Å². The molecule has 124 valence electrons. The maximum Gasteiger partial charge on any atom is 0.244 e. The summed E-state index contributed by atoms with van der Waals surface area (Å²) in [6, 6.07) is 7.17. The first-order valence-electron chi connectivity index (χ1n) is 8.06. The first kappa shape index (κ1) is 16.7. The molecule has 0 aromatic heterocycles. The fourth-order valence-corrected chi connectivity index (χ4v) is 8.50. The fraction of sp³-hybridized carbons (Fsp3) is 0.444. The van der Waals surface area contributed by atoms with Crippen molar-refractivity contribution in [3.63, 3.8) is 0 Å². The van der Waals surface area contributed by atoms with Crippen molar-refractivity contribution in [3.05, 3.63) is 53.6 Å². The lowest BCUT2D eigenvalue weighted by Gasteiger charge is -2.43. The van der Waals surface area contributed by atoms with Gasteiger partial charge >= 0.3 is 0 Å². The minimum absolute atomic E-state index is 0.295. The molecule has 0 N–H and O–H groups in total. The molecule has 2 aliphatic rings. The van der Waals surface area contributed by atoms with Gasteiger partial charge in [-0.15, -0.1) is 0 Å². The van der Waals surface area contributed by atoms with Gasteiger partial charge in [0.15, 0.2) is 0 Å². The Morgan fingerprint density at radius 2 is 1.78 bits per heavy atom. The Hall–Kier alpha value is -1.17. The zero-order chi connectivity index (χ0) is 17.0. The second-order valence-electron chi connectivity index (χ2n) is 7.86. The summed E-state index contributed by atoms with van der Waals surface area (Å²) in [5.41, 5.74) is 2.08. The number of sulfonamides is 1. The lowest BCUT2D eigenvalue weighted by atomic mass is 9.96. The van der Waals surface area contributed by atoms with E-state index in [0.29, 0.717) is 17.0 Å². The molecule has 5 heteroatoms. The molecule has 23 heavy (non-hydrogen) atoms. The number of rotatable bonds is 3. The van der Waals surface area contributed by atoms with Gasteiger partial charge < -0.3 is 0 Å². The number of benzene rings is 1. The van der Waals surface area contributed by atoms with E-state index >= 15 is 0 Å². The Bertz CT molecular complexity index is 787. The second kappa shape index (κ2) is 5.16. The van der Waals surface area contributed by atoms with Crippen molar-refractivity contribution >= 4 is 18.1 Å². The Kier molecular flexibility index (Phi) is 3.74. The van der Waals surface area contributed by atoms with Crippen LogP contribution in [0.15, 0.2) is 53.0 Å². The van der Waals surface area contributed by atoms with Crippen molar-refractivity contribution in [1.82, 2.24) is 4.31 Å². The van der Waals surface area contributed by atoms with Gasteiger partial charge in [-0.1, -0.05) is 55.6 Å². The van der Waals surface area contributed by atoms with Gasteiger partial charge in [-0.2, -0.15) is 4.31 Å². The molecule has 0 unspecified atom stereocenters. The van der Waals surface area contributed by atoms with Crippen LogP contribution in [0.1, 0.15) is 12.5 Å². The van der Waals surface area contributed by atoms with Crippen LogP contribution >= 0.6 is 0 Å². The van der Waals surface area contributed by atoms with Crippen molar-refractivity contribution in [1.29, 1.82) is 0 Å². The standard InChI is InChI=1S/C18H25NO2SSi/c1-14-6-9-16(10-7-14)22(20,21)19-13-12-15-8-11-17(18(15,19)2)23(3,4)5/h6-12,17H,13H2,1-5H3/t17-,18-/m1/s1. The van der Waals surface area contributed by atoms with Crippen molar-refractivity contribution in [3.8, 4) is 0 Å². The van der Waals surface area contributed by atoms with E-state index in [1.807, 2.05) is 19.1 Å². The van der Waals surface area contributed by atoms with E-state index in [1.165, 1.54) is 0 Å². The summed E-state index contributed by atoms with van der Waals surface area (Å²) in [6.45, 7) is 11.5. The molecule has 2 atom stereocenters. The molecule has 3 rings (SSSR count). The first-order chi connectivity index (χ1) is 10.6. The van der Waals surface area contributed by atoms with Crippen molar-refractivity contribution < 1.29 is 8.42 Å². The van der Waals surface area contributed by atoms with Crippen molar-refractivity contribution in [2.75, 3.05) is 6.54 Å². The Morgan fingerprint density at radius 1 is 1.17 bits per heavy atom. The van der Waals surface area contributed by atoms with Gasteiger partial charge in [0.2, 0.25) is 10.0 Å². The highest BCUT2D eigenvalue weighted by molar-refractivity contribution is 7.89. The summed E-state index contributed by atoms with van der Waals surface area (Å²) >= 11 is 0. The zero-order valence-corrected chi connectivity index (χ0v) is 16.3. The molecule has 0 saturated heterocycles. The average molecular weight is 348 g/mol. The van der Waals surface area contributed by atoms with Crippen LogP contribution in [0.4, 0.5) is 0 Å². The van der Waals surface area contributed by atoms with E-state index in [-0.39, 0.29) is 0 Å². The van der Waals surface area contributed by atoms with E-state index in [1.54, 1.807) is 16.4 Å². The van der Waals surface area contributed by atoms with Crippen LogP contribution in [0, 0.1) is 6.92 Å². The maximum atomic E-state index is 13.2. The van der Waals surface area contributed by atoms with E-state index < -0.39 is 23.6 Å². The lowest BCUT2D eigenvalue weighted by Crippen LogP contribution is -2.53. The van der Waals surface area contributed by atoms with Crippen LogP contribution in [0.3, 0.4) is 0 Å². The summed E-state index contributed by atoms with van der Waals surface area (Å²) in [5, 5.41) is 0. The normalized spacial score (nSPS) is 28.0. The third kappa shape index (κ3) is 2.46. The molecule has 0 amide bonds. The molecule has 0 bridgehead atoms. The minimum atomic E-state index is -3.50. The average Bonchev–Trinajstić information content (AvgIpc) is 2.92. The van der Waals surface area contributed by atoms with Gasteiger partial charge in [0, 0.05) is 6.54 Å². The highest BCUT2D eigenvalue weighted by atomic mass is 32.2. The Balaban J connectivity index is 2.06. The summed E-state index contributed by atoms with van der Waals surface area (Å²) < 4.78 is 28.2. The van der Waals surface area contributed by atoms with Crippen molar-refractivity contribution in [2.45, 2.75) is 49.5 Å². The number of nitrogens with zero attached hydrogens (tertiary/aromatic N) is 1. The Labute approximate surface area is 140 Å². The summed E-state index contributed by atoms with van der Waals surface area (Å²) in [5.74, 6) is 0. The number of fused-ring (bicyclic) bond motifs is 1. The van der Waals surface area contributed by atoms with E-state index in [2.05, 4.69) is 44.8 Å². The Morgan fingerprint density at radius 3 is 2.35 bits per heavy atom. The lowest BCUT2D eigenvalue weighted by molar-refractivity contribution is 0.298. The minimum Gasteiger partial charge on any atom is -0.207 e. The molecule has 1 aliphatic heterocycles. The van der Waals surface area contributed by atoms with E-state index in [9.17, 15) is 8.42 Å². The first-order valence-corrected chi connectivity index (χ1v) is 13.1. The number of aryl methyl sites for hydroxylation is 1. The molecule has 0 saturated carbocycles. The number of hydrogen-bond donors (Lipinski definition) is 0. The molecule has 1 aromatic rings. The molecular formula is C18H25NO2SSi. The van der Waals surface area contributed by atoms with Gasteiger partial charge in [-0.05, 0) is 37.1 Å². The molecule has 0 fully saturated rings. The largest absolute Gasteiger partial charge is 0.244 e. The topological polar surface area (TPSA) is 37.4 Å². The van der Waals surface area contributed by atoms with Crippen LogP contribution in [-0.2, 0) is 10.0 Å². The van der Waals surface area contributed by atoms with Gasteiger partial charge in [-0.25, -0.2) is 8.42 Å². The van der Waals surface area contributed by atoms with E-state index in [0.717, 1.165) is 11.1 Å². The molecule has 0 radical (unpaired) electrons. The quantitative estimate of drug-likeness (QED) is 0.776. The third-order valence-electron chi connectivity index (χ3n) is 5.20. The zero-order valence-electron chi connectivity index (χ0n) is 14.5. The summed E-state index contributed by atoms with van der Waals surface area (Å²) in [4.78, 5) is 0.389. The molecule has 1 heterocycles. The smallest absolute Gasteiger partial charge is 0.207 e. The maximum absolute atomic E-state index is 13.2. The molecular weight excluding hydrogens is 322 g/mol. The molecule has 1 aliphatic carbocycles. The van der Waals surface area contributed by atoms with Crippen LogP contribution in [0.5, 0.6) is 0 Å². The van der Waals surface area contributed by atoms with Gasteiger partial charge in [0.25, 0.3) is 0 Å². The van der Waals surface area contributed by atoms with Gasteiger partial charge in [0.1, 0.15) is 0 Å². The third-order valence-corrected chi connectivity index (χ3v) is 9.79. The van der Waals surface area contributed by atoms with Gasteiger partial charge in [-0.3, -0.25) is 0 Å². The molecule has 0 spiro atoms. The molecule has 3 nitrogen and oxygen atoms in total. The summed E-state index contributed by atoms with van der Waals surface area (Å²) in [6.07, 6.45) is 6.44. The fourth-order valence-electron chi connectivity index (χ4n) is 4.00. The second-order valence-corrected chi connectivity index (χ2v) is 15.1. The number of hydrogen-bond acceptors (Lipinski definition) is 2. The van der Waals surface area contributed by atoms with Crippen LogP contribution < -0.4 is 0 Å². The van der Waals surface area contributed by atoms with Crippen LogP contribution in [0.2, 0.25) is 25.2 Å². The van der Waals surface area contributed by atoms with Crippen molar-refractivity contribution in [2.24, 2.45) is 0 Å². The summed E-state index contributed by atoms with van der Waals surface area (Å²) in [7, 11) is -5.04. The van der Waals surface area contributed by atoms with Gasteiger partial charge in [0.05, 0.1) is 18.5 Å². The predicted octanol–water partition coefficient (Wildman–Crippen LogP) is 3.96. The highest BCUT2D eigenvalue weighted by Gasteiger charge is 2.55. The SMILES string of the molecule is Cc1ccc(S(=O)(=O)N2CC=C3C=C[C@@H]([Si](C)(C)C)[C@@]32C)cc1. The predicted molar refractivity (Wildman–Crippen MR) is 97.8 cm³/mol. The highest BCUT2D eigenvalue weighted by Crippen LogP contribution is 2.52. The van der Waals surface area contributed by atoms with Crippen LogP contribution in [0.25, 0.3) is 0 Å². The van der Waals surface area contributed by atoms with E-state index in [4.69, 9.17) is 0 Å². The molecule has 1 aromatic carbocycles.